The van der Waals surface area contributed by atoms with Gasteiger partial charge in [0, 0.05) is 17.6 Å². The highest BCUT2D eigenvalue weighted by atomic mass is 19.1. The minimum Gasteiger partial charge on any atom is -0.358 e. The maximum Gasteiger partial charge on any atom is 0.124 e. The lowest BCUT2D eigenvalue weighted by Gasteiger charge is -2.34. The number of nitrogens with zero attached hydrogens (tertiary/aromatic N) is 3. The molecule has 0 aliphatic carbocycles. The Hall–Kier alpha value is -3.46. The van der Waals surface area contributed by atoms with Gasteiger partial charge >= 0.3 is 0 Å². The lowest BCUT2D eigenvalue weighted by molar-refractivity contribution is 0.212. The Kier molecular flexibility index (Phi) is 5.13. The molecule has 1 aromatic heterocycles. The van der Waals surface area contributed by atoms with Gasteiger partial charge in [0.25, 0.3) is 0 Å². The van der Waals surface area contributed by atoms with E-state index in [9.17, 15) is 18.4 Å². The van der Waals surface area contributed by atoms with Crippen molar-refractivity contribution in [1.29, 1.82) is 5.26 Å². The number of allylic oxidation sites excluding steroid dienone is 2. The first-order valence-electron chi connectivity index (χ1n) is 9.24. The van der Waals surface area contributed by atoms with E-state index in [4.69, 9.17) is 0 Å². The maximum atomic E-state index is 14.0. The van der Waals surface area contributed by atoms with E-state index in [2.05, 4.69) is 6.07 Å². The van der Waals surface area contributed by atoms with Crippen LogP contribution in [0.4, 0.5) is 13.2 Å². The summed E-state index contributed by atoms with van der Waals surface area (Å²) in [6, 6.07) is 14.8. The molecule has 146 valence electrons. The Bertz CT molecular complexity index is 1140. The highest BCUT2D eigenvalue weighted by Gasteiger charge is 2.29. The average Bonchev–Trinajstić information content (AvgIpc) is 3.08. The Morgan fingerprint density at radius 2 is 1.83 bits per heavy atom. The second-order valence-electron chi connectivity index (χ2n) is 6.76. The summed E-state index contributed by atoms with van der Waals surface area (Å²) in [6.07, 6.45) is 5.35. The van der Waals surface area contributed by atoms with Crippen molar-refractivity contribution in [3.05, 3.63) is 83.8 Å². The largest absolute Gasteiger partial charge is 0.358 e. The van der Waals surface area contributed by atoms with Gasteiger partial charge in [0.2, 0.25) is 0 Å². The third kappa shape index (κ3) is 3.19. The number of hydrogen-bond acceptors (Lipinski definition) is 2. The molecular formula is C23H18F3N3. The van der Waals surface area contributed by atoms with Gasteiger partial charge in [-0.05, 0) is 36.4 Å². The van der Waals surface area contributed by atoms with Crippen LogP contribution in [0.2, 0.25) is 0 Å². The minimum atomic E-state index is -0.961. The van der Waals surface area contributed by atoms with E-state index in [0.29, 0.717) is 28.8 Å². The molecular weight excluding hydrogens is 375 g/mol. The monoisotopic (exact) mass is 393 g/mol. The average molecular weight is 393 g/mol. The van der Waals surface area contributed by atoms with Gasteiger partial charge in [-0.15, -0.1) is 0 Å². The second kappa shape index (κ2) is 7.88. The van der Waals surface area contributed by atoms with E-state index in [0.717, 1.165) is 5.69 Å². The molecule has 0 spiro atoms. The fourth-order valence-electron chi connectivity index (χ4n) is 3.76. The molecule has 3 nitrogen and oxygen atoms in total. The van der Waals surface area contributed by atoms with E-state index in [1.165, 1.54) is 12.1 Å². The third-order valence-electron chi connectivity index (χ3n) is 5.10. The summed E-state index contributed by atoms with van der Waals surface area (Å²) in [7, 11) is 0. The van der Waals surface area contributed by atoms with Gasteiger partial charge in [-0.1, -0.05) is 30.4 Å². The van der Waals surface area contributed by atoms with Crippen molar-refractivity contribution in [3.8, 4) is 11.8 Å². The summed E-state index contributed by atoms with van der Waals surface area (Å²) in [4.78, 5) is 1.62. The van der Waals surface area contributed by atoms with Gasteiger partial charge in [0.15, 0.2) is 0 Å². The van der Waals surface area contributed by atoms with Gasteiger partial charge in [-0.2, -0.15) is 5.26 Å². The van der Waals surface area contributed by atoms with Crippen molar-refractivity contribution >= 4 is 16.6 Å². The van der Waals surface area contributed by atoms with Crippen molar-refractivity contribution < 1.29 is 13.2 Å². The SMILES string of the molecule is N#Cc1c(C2=CC=CCN2C(CF)CF)n(-c2ccccc2)c2ccc(F)cc12. The number of fused-ring (bicyclic) bond motifs is 1. The van der Waals surface area contributed by atoms with Crippen LogP contribution in [0.5, 0.6) is 0 Å². The highest BCUT2D eigenvalue weighted by Crippen LogP contribution is 2.37. The van der Waals surface area contributed by atoms with E-state index in [-0.39, 0.29) is 5.56 Å². The van der Waals surface area contributed by atoms with Crippen LogP contribution < -0.4 is 0 Å². The first kappa shape index (κ1) is 18.9. The number of aromatic nitrogens is 1. The van der Waals surface area contributed by atoms with E-state index >= 15 is 0 Å². The molecule has 1 aliphatic rings. The summed E-state index contributed by atoms with van der Waals surface area (Å²) in [5, 5.41) is 10.4. The lowest BCUT2D eigenvalue weighted by atomic mass is 10.1. The number of rotatable bonds is 5. The Morgan fingerprint density at radius 1 is 1.07 bits per heavy atom. The van der Waals surface area contributed by atoms with Crippen molar-refractivity contribution in [2.24, 2.45) is 0 Å². The summed E-state index contributed by atoms with van der Waals surface area (Å²) >= 11 is 0. The maximum absolute atomic E-state index is 14.0. The highest BCUT2D eigenvalue weighted by molar-refractivity contribution is 5.94. The van der Waals surface area contributed by atoms with Crippen LogP contribution in [-0.2, 0) is 0 Å². The molecule has 4 rings (SSSR count). The third-order valence-corrected chi connectivity index (χ3v) is 5.10. The molecule has 0 atom stereocenters. The Morgan fingerprint density at radius 3 is 2.52 bits per heavy atom. The number of benzene rings is 2. The molecule has 6 heteroatoms. The van der Waals surface area contributed by atoms with Crippen molar-refractivity contribution in [3.63, 3.8) is 0 Å². The summed E-state index contributed by atoms with van der Waals surface area (Å²) in [5.74, 6) is -0.453. The van der Waals surface area contributed by atoms with E-state index in [1.807, 2.05) is 41.0 Å². The molecule has 2 aromatic carbocycles. The second-order valence-corrected chi connectivity index (χ2v) is 6.76. The normalized spacial score (nSPS) is 13.8. The number of hydrogen-bond donors (Lipinski definition) is 0. The van der Waals surface area contributed by atoms with Gasteiger partial charge in [-0.25, -0.2) is 13.2 Å². The van der Waals surface area contributed by atoms with Gasteiger partial charge in [-0.3, -0.25) is 0 Å². The van der Waals surface area contributed by atoms with Crippen LogP contribution in [0, 0.1) is 17.1 Å². The van der Waals surface area contributed by atoms with Crippen molar-refractivity contribution in [2.45, 2.75) is 6.04 Å². The van der Waals surface area contributed by atoms with Crippen LogP contribution in [0.3, 0.4) is 0 Å². The van der Waals surface area contributed by atoms with Crippen LogP contribution >= 0.6 is 0 Å². The molecule has 0 unspecified atom stereocenters. The number of para-hydroxylation sites is 1. The lowest BCUT2D eigenvalue weighted by Crippen LogP contribution is -2.39. The molecule has 0 amide bonds. The van der Waals surface area contributed by atoms with E-state index < -0.39 is 25.2 Å². The molecule has 0 saturated heterocycles. The fourth-order valence-corrected chi connectivity index (χ4v) is 3.76. The Labute approximate surface area is 166 Å². The zero-order chi connectivity index (χ0) is 20.4. The summed E-state index contributed by atoms with van der Waals surface area (Å²) < 4.78 is 42.9. The molecule has 3 aromatic rings. The van der Waals surface area contributed by atoms with Crippen LogP contribution in [0.1, 0.15) is 11.3 Å². The van der Waals surface area contributed by atoms with Crippen molar-refractivity contribution in [1.82, 2.24) is 9.47 Å². The Balaban J connectivity index is 2.07. The van der Waals surface area contributed by atoms with Crippen LogP contribution in [0.25, 0.3) is 22.3 Å². The first-order chi connectivity index (χ1) is 14.2. The molecule has 1 aliphatic heterocycles. The predicted molar refractivity (Wildman–Crippen MR) is 108 cm³/mol. The predicted octanol–water partition coefficient (Wildman–Crippen LogP) is 5.16. The zero-order valence-electron chi connectivity index (χ0n) is 15.5. The van der Waals surface area contributed by atoms with Crippen LogP contribution in [0.15, 0.2) is 66.8 Å². The minimum absolute atomic E-state index is 0.270. The van der Waals surface area contributed by atoms with Gasteiger partial charge in [0.1, 0.15) is 25.2 Å². The molecule has 0 bridgehead atoms. The first-order valence-corrected chi connectivity index (χ1v) is 9.24. The number of halogens is 3. The zero-order valence-corrected chi connectivity index (χ0v) is 15.5. The smallest absolute Gasteiger partial charge is 0.124 e. The molecule has 0 fully saturated rings. The van der Waals surface area contributed by atoms with Gasteiger partial charge in [0.05, 0.1) is 28.5 Å². The molecule has 2 heterocycles. The molecule has 0 N–H and O–H groups in total. The number of nitriles is 1. The molecule has 29 heavy (non-hydrogen) atoms. The molecule has 0 saturated carbocycles. The number of alkyl halides is 2. The standard InChI is InChI=1S/C23H18F3N3/c24-13-18(14-25)28-11-5-4-8-22(28)23-20(15-27)19-12-16(26)9-10-21(19)29(23)17-6-2-1-3-7-17/h1-10,12,18H,11,13-14H2. The summed E-state index contributed by atoms with van der Waals surface area (Å²) in [6.45, 7) is -1.40. The quantitative estimate of drug-likeness (QED) is 0.600. The molecule has 0 radical (unpaired) electrons. The van der Waals surface area contributed by atoms with E-state index in [1.54, 1.807) is 23.1 Å². The topological polar surface area (TPSA) is 32.0 Å². The summed E-state index contributed by atoms with van der Waals surface area (Å²) in [5.41, 5.74) is 2.72. The van der Waals surface area contributed by atoms with Gasteiger partial charge < -0.3 is 9.47 Å². The fraction of sp³-hybridized carbons (Fsp3) is 0.174. The van der Waals surface area contributed by atoms with Crippen molar-refractivity contribution in [2.75, 3.05) is 19.9 Å². The van der Waals surface area contributed by atoms with Crippen LogP contribution in [-0.4, -0.2) is 35.4 Å².